The topological polar surface area (TPSA) is 92.0 Å². The van der Waals surface area contributed by atoms with Crippen molar-refractivity contribution in [3.63, 3.8) is 0 Å². The fourth-order valence-corrected chi connectivity index (χ4v) is 5.15. The Labute approximate surface area is 220 Å². The summed E-state index contributed by atoms with van der Waals surface area (Å²) in [7, 11) is 8.79. The smallest absolute Gasteiger partial charge is 0.227 e. The molecule has 200 valence electrons. The molecule has 1 aliphatic heterocycles. The average molecular weight is 523 g/mol. The summed E-state index contributed by atoms with van der Waals surface area (Å²) in [6, 6.07) is 8.18. The first-order chi connectivity index (χ1) is 16.5. The molecule has 0 saturated heterocycles. The van der Waals surface area contributed by atoms with E-state index in [1.54, 1.807) is 28.4 Å². The summed E-state index contributed by atoms with van der Waals surface area (Å²) in [6.07, 6.45) is 3.27. The van der Waals surface area contributed by atoms with Crippen molar-refractivity contribution in [3.8, 4) is 23.0 Å². The molecule has 1 amide bonds. The summed E-state index contributed by atoms with van der Waals surface area (Å²) in [5.41, 5.74) is 4.91. The molecule has 1 aliphatic carbocycles. The molecular formula is C27H39ClN2O6. The fourth-order valence-electron chi connectivity index (χ4n) is 5.15. The standard InChI is InChI=1S/C27H36N2O5.ClH.H2O/c1-28(17-21-11-20-14-25(33-4)26(34-5)16-22(20)21)8-6-9-29-10-7-18-12-23(31-2)24(32-3)13-19(18)15-27(29)30;;/h12-14,16,21H,6-11,15,17H2,1-5H3;1H;1H2/t21-;;/m1../s1. The Kier molecular flexibility index (Phi) is 10.7. The highest BCUT2D eigenvalue weighted by Gasteiger charge is 2.29. The van der Waals surface area contributed by atoms with E-state index in [9.17, 15) is 4.79 Å². The number of ether oxygens (including phenoxy) is 4. The minimum atomic E-state index is 0. The van der Waals surface area contributed by atoms with Crippen LogP contribution >= 0.6 is 12.4 Å². The van der Waals surface area contributed by atoms with Gasteiger partial charge in [0.1, 0.15) is 0 Å². The zero-order valence-corrected chi connectivity index (χ0v) is 22.7. The van der Waals surface area contributed by atoms with Crippen LogP contribution in [0.5, 0.6) is 23.0 Å². The number of nitrogens with zero attached hydrogens (tertiary/aromatic N) is 2. The SMILES string of the molecule is COc1cc2c(cc1OC)CC(=O)N(CCCN(C)C[C@H]1Cc3cc(OC)c(OC)cc31)CC2.Cl.O. The third-order valence-corrected chi connectivity index (χ3v) is 7.10. The molecular weight excluding hydrogens is 484 g/mol. The second-order valence-corrected chi connectivity index (χ2v) is 9.21. The molecule has 0 aromatic heterocycles. The van der Waals surface area contributed by atoms with Crippen molar-refractivity contribution in [2.75, 3.05) is 61.7 Å². The van der Waals surface area contributed by atoms with Gasteiger partial charge in [-0.3, -0.25) is 4.79 Å². The number of hydrogen-bond donors (Lipinski definition) is 0. The van der Waals surface area contributed by atoms with Crippen molar-refractivity contribution in [2.24, 2.45) is 0 Å². The van der Waals surface area contributed by atoms with Crippen molar-refractivity contribution in [3.05, 3.63) is 46.5 Å². The first kappa shape index (κ1) is 29.5. The summed E-state index contributed by atoms with van der Waals surface area (Å²) in [5.74, 6) is 3.69. The number of rotatable bonds is 10. The number of methoxy groups -OCH3 is 4. The van der Waals surface area contributed by atoms with E-state index in [0.717, 1.165) is 68.3 Å². The van der Waals surface area contributed by atoms with E-state index < -0.39 is 0 Å². The van der Waals surface area contributed by atoms with Crippen LogP contribution < -0.4 is 18.9 Å². The van der Waals surface area contributed by atoms with Crippen LogP contribution in [-0.2, 0) is 24.1 Å². The number of likely N-dealkylation sites (N-methyl/N-ethyl adjacent to an activating group) is 1. The lowest BCUT2D eigenvalue weighted by atomic mass is 9.77. The minimum absolute atomic E-state index is 0. The van der Waals surface area contributed by atoms with Crippen LogP contribution in [0.2, 0.25) is 0 Å². The highest BCUT2D eigenvalue weighted by molar-refractivity contribution is 5.85. The third-order valence-electron chi connectivity index (χ3n) is 7.10. The molecule has 0 saturated carbocycles. The summed E-state index contributed by atoms with van der Waals surface area (Å²) in [4.78, 5) is 17.3. The zero-order valence-electron chi connectivity index (χ0n) is 21.9. The molecule has 2 aromatic rings. The molecule has 1 atom stereocenters. The Bertz CT molecular complexity index is 1050. The molecule has 1 heterocycles. The lowest BCUT2D eigenvalue weighted by molar-refractivity contribution is -0.130. The number of amides is 1. The molecule has 8 nitrogen and oxygen atoms in total. The number of halogens is 1. The van der Waals surface area contributed by atoms with E-state index in [1.807, 2.05) is 17.0 Å². The van der Waals surface area contributed by atoms with Gasteiger partial charge in [-0.1, -0.05) is 0 Å². The van der Waals surface area contributed by atoms with E-state index in [1.165, 1.54) is 16.7 Å². The summed E-state index contributed by atoms with van der Waals surface area (Å²) < 4.78 is 21.7. The van der Waals surface area contributed by atoms with Crippen molar-refractivity contribution in [2.45, 2.75) is 31.6 Å². The fraction of sp³-hybridized carbons (Fsp3) is 0.519. The predicted octanol–water partition coefficient (Wildman–Crippen LogP) is 2.91. The molecule has 2 N–H and O–H groups in total. The molecule has 0 fully saturated rings. The van der Waals surface area contributed by atoms with Gasteiger partial charge in [-0.25, -0.2) is 0 Å². The molecule has 4 rings (SSSR count). The number of carbonyl (C=O) groups is 1. The van der Waals surface area contributed by atoms with Crippen LogP contribution in [0.3, 0.4) is 0 Å². The maximum Gasteiger partial charge on any atom is 0.227 e. The molecule has 0 bridgehead atoms. The second kappa shape index (κ2) is 13.0. The van der Waals surface area contributed by atoms with Gasteiger partial charge in [-0.05, 0) is 79.4 Å². The molecule has 2 aliphatic rings. The van der Waals surface area contributed by atoms with Gasteiger partial charge in [-0.2, -0.15) is 0 Å². The highest BCUT2D eigenvalue weighted by atomic mass is 35.5. The average Bonchev–Trinajstić information content (AvgIpc) is 2.98. The van der Waals surface area contributed by atoms with E-state index in [4.69, 9.17) is 18.9 Å². The monoisotopic (exact) mass is 522 g/mol. The molecule has 0 spiro atoms. The Morgan fingerprint density at radius 3 is 2.06 bits per heavy atom. The number of hydrogen-bond acceptors (Lipinski definition) is 6. The normalized spacial score (nSPS) is 16.0. The first-order valence-corrected chi connectivity index (χ1v) is 11.9. The molecule has 2 aromatic carbocycles. The Morgan fingerprint density at radius 1 is 0.889 bits per heavy atom. The van der Waals surface area contributed by atoms with Gasteiger partial charge in [0.05, 0.1) is 34.9 Å². The number of benzene rings is 2. The molecule has 0 radical (unpaired) electrons. The summed E-state index contributed by atoms with van der Waals surface area (Å²) >= 11 is 0. The lowest BCUT2D eigenvalue weighted by Crippen LogP contribution is -2.36. The van der Waals surface area contributed by atoms with Gasteiger partial charge in [0, 0.05) is 25.6 Å². The van der Waals surface area contributed by atoms with E-state index in [2.05, 4.69) is 24.1 Å². The Hall–Kier alpha value is -2.68. The third kappa shape index (κ3) is 6.17. The van der Waals surface area contributed by atoms with Crippen molar-refractivity contribution in [1.82, 2.24) is 9.80 Å². The largest absolute Gasteiger partial charge is 0.493 e. The van der Waals surface area contributed by atoms with Gasteiger partial charge >= 0.3 is 0 Å². The van der Waals surface area contributed by atoms with Gasteiger partial charge in [0.2, 0.25) is 5.91 Å². The van der Waals surface area contributed by atoms with Gasteiger partial charge < -0.3 is 34.2 Å². The maximum atomic E-state index is 12.9. The molecule has 9 heteroatoms. The quantitative estimate of drug-likeness (QED) is 0.476. The van der Waals surface area contributed by atoms with Gasteiger partial charge in [0.25, 0.3) is 0 Å². The molecule has 0 unspecified atom stereocenters. The van der Waals surface area contributed by atoms with E-state index in [-0.39, 0.29) is 23.8 Å². The Balaban J connectivity index is 0.00000228. The van der Waals surface area contributed by atoms with Crippen LogP contribution in [0.1, 0.15) is 34.6 Å². The minimum Gasteiger partial charge on any atom is -0.493 e. The van der Waals surface area contributed by atoms with Crippen molar-refractivity contribution >= 4 is 18.3 Å². The zero-order chi connectivity index (χ0) is 24.2. The summed E-state index contributed by atoms with van der Waals surface area (Å²) in [6.45, 7) is 3.47. The highest BCUT2D eigenvalue weighted by Crippen LogP contribution is 2.42. The Morgan fingerprint density at radius 2 is 1.44 bits per heavy atom. The predicted molar refractivity (Wildman–Crippen MR) is 143 cm³/mol. The van der Waals surface area contributed by atoms with Crippen molar-refractivity contribution < 1.29 is 29.2 Å². The van der Waals surface area contributed by atoms with Crippen LogP contribution in [0.25, 0.3) is 0 Å². The summed E-state index contributed by atoms with van der Waals surface area (Å²) in [5, 5.41) is 0. The van der Waals surface area contributed by atoms with Gasteiger partial charge in [-0.15, -0.1) is 12.4 Å². The van der Waals surface area contributed by atoms with Crippen LogP contribution in [0, 0.1) is 0 Å². The van der Waals surface area contributed by atoms with Crippen LogP contribution in [0.4, 0.5) is 0 Å². The lowest BCUT2D eigenvalue weighted by Gasteiger charge is -2.34. The van der Waals surface area contributed by atoms with Crippen LogP contribution in [0.15, 0.2) is 24.3 Å². The number of fused-ring (bicyclic) bond motifs is 2. The van der Waals surface area contributed by atoms with E-state index >= 15 is 0 Å². The van der Waals surface area contributed by atoms with Crippen molar-refractivity contribution in [1.29, 1.82) is 0 Å². The van der Waals surface area contributed by atoms with Gasteiger partial charge in [0.15, 0.2) is 23.0 Å². The first-order valence-electron chi connectivity index (χ1n) is 11.9. The molecule has 36 heavy (non-hydrogen) atoms. The number of carbonyl (C=O) groups excluding carboxylic acids is 1. The van der Waals surface area contributed by atoms with Crippen LogP contribution in [-0.4, -0.2) is 82.8 Å². The van der Waals surface area contributed by atoms with E-state index in [0.29, 0.717) is 18.1 Å². The second-order valence-electron chi connectivity index (χ2n) is 9.21. The maximum absolute atomic E-state index is 12.9.